The predicted molar refractivity (Wildman–Crippen MR) is 218 cm³/mol. The maximum Gasteiger partial charge on any atom is 0.315 e. The summed E-state index contributed by atoms with van der Waals surface area (Å²) in [5.74, 6) is 0.756. The lowest BCUT2D eigenvalue weighted by molar-refractivity contribution is -0.145. The summed E-state index contributed by atoms with van der Waals surface area (Å²) in [6, 6.07) is 32.9. The van der Waals surface area contributed by atoms with Crippen molar-refractivity contribution in [1.82, 2.24) is 15.5 Å². The van der Waals surface area contributed by atoms with E-state index in [9.17, 15) is 9.59 Å². The third-order valence-electron chi connectivity index (χ3n) is 8.24. The molecule has 14 heteroatoms. The number of nitrogens with one attached hydrogen (secondary N) is 5. The molecule has 3 aliphatic rings. The highest BCUT2D eigenvalue weighted by Crippen LogP contribution is 2.30. The number of guanidine groups is 2. The van der Waals surface area contributed by atoms with Gasteiger partial charge in [-0.1, -0.05) is 35.7 Å². The molecule has 1 amide bonds. The molecule has 0 bridgehead atoms. The van der Waals surface area contributed by atoms with Gasteiger partial charge in [-0.15, -0.1) is 0 Å². The second kappa shape index (κ2) is 20.4. The van der Waals surface area contributed by atoms with Crippen molar-refractivity contribution in [3.05, 3.63) is 103 Å². The van der Waals surface area contributed by atoms with E-state index in [4.69, 9.17) is 9.47 Å². The highest BCUT2D eigenvalue weighted by molar-refractivity contribution is 7.99. The molecule has 4 aromatic rings. The molecule has 0 aromatic heterocycles. The van der Waals surface area contributed by atoms with E-state index in [0.717, 1.165) is 92.1 Å². The Morgan fingerprint density at radius 2 is 1.17 bits per heavy atom. The average molecular weight is 767 g/mol. The number of aliphatic imine (C=N–C) groups is 2. The van der Waals surface area contributed by atoms with Crippen molar-refractivity contribution in [3.8, 4) is 0 Å². The van der Waals surface area contributed by atoms with Crippen LogP contribution in [0, 0.1) is 0 Å². The van der Waals surface area contributed by atoms with Crippen LogP contribution in [-0.4, -0.2) is 87.8 Å². The second-order valence-corrected chi connectivity index (χ2v) is 14.7. The molecular weight excluding hydrogens is 721 g/mol. The first-order chi connectivity index (χ1) is 26.5. The zero-order valence-electron chi connectivity index (χ0n) is 30.3. The van der Waals surface area contributed by atoms with Crippen LogP contribution in [0.5, 0.6) is 0 Å². The lowest BCUT2D eigenvalue weighted by Gasteiger charge is -2.26. The predicted octanol–water partition coefficient (Wildman–Crippen LogP) is 6.14. The highest BCUT2D eigenvalue weighted by atomic mass is 32.2. The van der Waals surface area contributed by atoms with Crippen LogP contribution >= 0.6 is 23.5 Å². The quantitative estimate of drug-likeness (QED) is 0.0839. The van der Waals surface area contributed by atoms with Crippen molar-refractivity contribution >= 4 is 64.4 Å². The molecule has 0 unspecified atom stereocenters. The van der Waals surface area contributed by atoms with Gasteiger partial charge in [-0.05, 0) is 97.4 Å². The minimum absolute atomic E-state index is 0.265. The first-order valence-corrected chi connectivity index (χ1v) is 19.7. The van der Waals surface area contributed by atoms with Gasteiger partial charge in [0.2, 0.25) is 5.91 Å². The molecule has 54 heavy (non-hydrogen) atoms. The van der Waals surface area contributed by atoms with Gasteiger partial charge in [0.15, 0.2) is 11.9 Å². The summed E-state index contributed by atoms with van der Waals surface area (Å²) < 4.78 is 10.2. The number of morpholine rings is 1. The molecule has 4 aromatic carbocycles. The van der Waals surface area contributed by atoms with Crippen LogP contribution in [0.3, 0.4) is 0 Å². The molecule has 7 rings (SSSR count). The monoisotopic (exact) mass is 766 g/mol. The number of ether oxygens (including phenoxy) is 2. The molecule has 0 spiro atoms. The SMILES string of the molecule is CCOC(=O)CC(=O)Nc1ccc(Sc2ccc(NC3=NCCN3)cc2)cc1.c1cc(Sc2ccc(NC3=NCCN3)cc2)ccc1CN1CCOCC1. The third kappa shape index (κ3) is 12.8. The molecule has 5 N–H and O–H groups in total. The maximum absolute atomic E-state index is 11.8. The Kier molecular flexibility index (Phi) is 14.6. The van der Waals surface area contributed by atoms with Gasteiger partial charge in [-0.3, -0.25) is 24.5 Å². The summed E-state index contributed by atoms with van der Waals surface area (Å²) in [5.41, 5.74) is 4.05. The Bertz CT molecular complexity index is 1870. The number of hydrogen-bond donors (Lipinski definition) is 5. The summed E-state index contributed by atoms with van der Waals surface area (Å²) in [4.78, 5) is 38.9. The van der Waals surface area contributed by atoms with Crippen LogP contribution < -0.4 is 26.6 Å². The van der Waals surface area contributed by atoms with Gasteiger partial charge >= 0.3 is 5.97 Å². The summed E-state index contributed by atoms with van der Waals surface area (Å²) in [7, 11) is 0. The molecule has 1 saturated heterocycles. The zero-order chi connectivity index (χ0) is 37.4. The van der Waals surface area contributed by atoms with E-state index in [-0.39, 0.29) is 18.9 Å². The van der Waals surface area contributed by atoms with Gasteiger partial charge in [0.05, 0.1) is 32.9 Å². The van der Waals surface area contributed by atoms with Crippen molar-refractivity contribution < 1.29 is 19.1 Å². The molecular formula is C40H46N8O4S2. The van der Waals surface area contributed by atoms with Gasteiger partial charge < -0.3 is 36.1 Å². The Balaban J connectivity index is 0.000000185. The summed E-state index contributed by atoms with van der Waals surface area (Å²) in [6.45, 7) is 10.2. The number of carbonyl (C=O) groups excluding carboxylic acids is 2. The van der Waals surface area contributed by atoms with E-state index in [1.165, 1.54) is 15.4 Å². The first kappa shape index (κ1) is 38.7. The number of esters is 1. The van der Waals surface area contributed by atoms with E-state index in [1.807, 2.05) is 48.5 Å². The van der Waals surface area contributed by atoms with Crippen LogP contribution in [0.2, 0.25) is 0 Å². The number of rotatable bonds is 12. The minimum atomic E-state index is -0.527. The third-order valence-corrected chi connectivity index (χ3v) is 10.3. The largest absolute Gasteiger partial charge is 0.466 e. The fourth-order valence-corrected chi connectivity index (χ4v) is 7.19. The topological polar surface area (TPSA) is 141 Å². The first-order valence-electron chi connectivity index (χ1n) is 18.1. The van der Waals surface area contributed by atoms with Gasteiger partial charge in [-0.2, -0.15) is 0 Å². The van der Waals surface area contributed by atoms with Gasteiger partial charge in [0.25, 0.3) is 0 Å². The Morgan fingerprint density at radius 1 is 0.704 bits per heavy atom. The molecule has 0 aliphatic carbocycles. The van der Waals surface area contributed by atoms with Crippen molar-refractivity contribution in [3.63, 3.8) is 0 Å². The number of anilines is 3. The summed E-state index contributed by atoms with van der Waals surface area (Å²) >= 11 is 3.41. The van der Waals surface area contributed by atoms with Crippen LogP contribution in [0.25, 0.3) is 0 Å². The van der Waals surface area contributed by atoms with Crippen LogP contribution in [0.1, 0.15) is 18.9 Å². The zero-order valence-corrected chi connectivity index (χ0v) is 31.9. The second-order valence-electron chi connectivity index (χ2n) is 12.4. The fraction of sp³-hybridized carbons (Fsp3) is 0.300. The fourth-order valence-electron chi connectivity index (χ4n) is 5.56. The lowest BCUT2D eigenvalue weighted by atomic mass is 10.2. The van der Waals surface area contributed by atoms with E-state index in [2.05, 4.69) is 90.0 Å². The number of hydrogen-bond acceptors (Lipinski definition) is 13. The van der Waals surface area contributed by atoms with Crippen molar-refractivity contribution in [2.75, 3.05) is 75.0 Å². The van der Waals surface area contributed by atoms with Crippen LogP contribution in [0.15, 0.2) is 127 Å². The molecule has 0 radical (unpaired) electrons. The number of benzene rings is 4. The maximum atomic E-state index is 11.8. The highest BCUT2D eigenvalue weighted by Gasteiger charge is 2.12. The van der Waals surface area contributed by atoms with E-state index in [0.29, 0.717) is 5.69 Å². The molecule has 1 fully saturated rings. The standard InChI is InChI=1S/C20H22N4O3S.C20H24N4OS/c1-2-27-19(26)13-18(25)23-14-3-7-16(8-4-14)28-17-9-5-15(6-10-17)24-20-21-11-12-22-20;1-5-18(6-2-16(1)15-24-11-13-25-14-12-24)26-19-7-3-17(4-8-19)23-20-21-9-10-22-20/h3-10H,2,11-13H2,1H3,(H,23,25)(H2,21,22,24);1-8H,9-15H2,(H2,21,22,23). The number of nitrogens with zero attached hydrogens (tertiary/aromatic N) is 3. The van der Waals surface area contributed by atoms with Gasteiger partial charge in [-0.25, -0.2) is 0 Å². The average Bonchev–Trinajstić information content (AvgIpc) is 3.91. The molecule has 3 heterocycles. The summed E-state index contributed by atoms with van der Waals surface area (Å²) in [5, 5.41) is 15.6. The minimum Gasteiger partial charge on any atom is -0.466 e. The van der Waals surface area contributed by atoms with Crippen LogP contribution in [0.4, 0.5) is 17.1 Å². The number of carbonyl (C=O) groups is 2. The van der Waals surface area contributed by atoms with E-state index >= 15 is 0 Å². The Labute approximate surface area is 325 Å². The molecule has 12 nitrogen and oxygen atoms in total. The Morgan fingerprint density at radius 3 is 1.61 bits per heavy atom. The van der Waals surface area contributed by atoms with Gasteiger partial charge in [0.1, 0.15) is 6.42 Å². The van der Waals surface area contributed by atoms with Crippen LogP contribution in [-0.2, 0) is 25.6 Å². The van der Waals surface area contributed by atoms with Gasteiger partial charge in [0, 0.05) is 69.4 Å². The number of amides is 1. The summed E-state index contributed by atoms with van der Waals surface area (Å²) in [6.07, 6.45) is -0.285. The van der Waals surface area contributed by atoms with E-state index < -0.39 is 5.97 Å². The normalized spacial score (nSPS) is 15.1. The van der Waals surface area contributed by atoms with Crippen molar-refractivity contribution in [2.45, 2.75) is 39.5 Å². The smallest absolute Gasteiger partial charge is 0.315 e. The lowest BCUT2D eigenvalue weighted by Crippen LogP contribution is -2.35. The molecule has 0 atom stereocenters. The van der Waals surface area contributed by atoms with E-state index in [1.54, 1.807) is 30.4 Å². The van der Waals surface area contributed by atoms with Crippen molar-refractivity contribution in [2.24, 2.45) is 9.98 Å². The Hall–Kier alpha value is -5.02. The molecule has 0 saturated carbocycles. The molecule has 282 valence electrons. The van der Waals surface area contributed by atoms with Crippen molar-refractivity contribution in [1.29, 1.82) is 0 Å². The molecule has 3 aliphatic heterocycles.